The van der Waals surface area contributed by atoms with Crippen LogP contribution in [0.5, 0.6) is 0 Å². The molecule has 0 fully saturated rings. The highest BCUT2D eigenvalue weighted by molar-refractivity contribution is 6.10. The molecule has 0 saturated heterocycles. The smallest absolute Gasteiger partial charge is 0.136 e. The van der Waals surface area contributed by atoms with E-state index in [1.54, 1.807) is 0 Å². The van der Waals surface area contributed by atoms with Gasteiger partial charge in [-0.2, -0.15) is 0 Å². The van der Waals surface area contributed by atoms with Crippen LogP contribution in [0.1, 0.15) is 0 Å². The van der Waals surface area contributed by atoms with Crippen molar-refractivity contribution in [1.29, 1.82) is 0 Å². The number of rotatable bonds is 9. The van der Waals surface area contributed by atoms with Crippen LogP contribution in [0.3, 0.4) is 0 Å². The molecule has 69 heavy (non-hydrogen) atoms. The van der Waals surface area contributed by atoms with Crippen LogP contribution in [0, 0.1) is 0 Å². The Morgan fingerprint density at radius 3 is 1.26 bits per heavy atom. The predicted octanol–water partition coefficient (Wildman–Crippen LogP) is 18.5. The second-order valence-corrected chi connectivity index (χ2v) is 17.7. The van der Waals surface area contributed by atoms with Gasteiger partial charge in [-0.3, -0.25) is 0 Å². The lowest BCUT2D eigenvalue weighted by Crippen LogP contribution is -2.09. The zero-order valence-corrected chi connectivity index (χ0v) is 37.7. The Balaban J connectivity index is 0.866. The number of hydrogen-bond donors (Lipinski definition) is 0. The van der Waals surface area contributed by atoms with Crippen molar-refractivity contribution in [2.45, 2.75) is 0 Å². The molecule has 0 aliphatic heterocycles. The van der Waals surface area contributed by atoms with Crippen molar-refractivity contribution < 1.29 is 4.42 Å². The lowest BCUT2D eigenvalue weighted by Gasteiger charge is -2.26. The summed E-state index contributed by atoms with van der Waals surface area (Å²) in [6.07, 6.45) is 0. The van der Waals surface area contributed by atoms with Crippen molar-refractivity contribution in [2.75, 3.05) is 4.90 Å². The van der Waals surface area contributed by atoms with E-state index >= 15 is 0 Å². The molecular formula is C66H44N2O. The molecule has 13 rings (SSSR count). The molecule has 0 spiro atoms. The molecule has 324 valence electrons. The summed E-state index contributed by atoms with van der Waals surface area (Å²) in [4.78, 5) is 2.36. The molecule has 3 heteroatoms. The van der Waals surface area contributed by atoms with Crippen LogP contribution >= 0.6 is 0 Å². The average molecular weight is 881 g/mol. The highest BCUT2D eigenvalue weighted by Crippen LogP contribution is 2.41. The third-order valence-corrected chi connectivity index (χ3v) is 13.6. The van der Waals surface area contributed by atoms with Crippen molar-refractivity contribution in [3.63, 3.8) is 0 Å². The van der Waals surface area contributed by atoms with E-state index in [-0.39, 0.29) is 0 Å². The van der Waals surface area contributed by atoms with Gasteiger partial charge in [0.05, 0.1) is 16.7 Å². The van der Waals surface area contributed by atoms with Gasteiger partial charge in [-0.15, -0.1) is 0 Å². The van der Waals surface area contributed by atoms with E-state index in [1.807, 2.05) is 12.1 Å². The summed E-state index contributed by atoms with van der Waals surface area (Å²) in [6, 6.07) is 96.1. The van der Waals surface area contributed by atoms with Gasteiger partial charge in [-0.1, -0.05) is 182 Å². The summed E-state index contributed by atoms with van der Waals surface area (Å²) in [5.74, 6) is 0. The Bertz CT molecular complexity index is 3940. The summed E-state index contributed by atoms with van der Waals surface area (Å²) in [5, 5.41) is 4.78. The Morgan fingerprint density at radius 2 is 0.667 bits per heavy atom. The van der Waals surface area contributed by atoms with E-state index in [2.05, 4.69) is 264 Å². The Labute approximate surface area is 401 Å². The average Bonchev–Trinajstić information content (AvgIpc) is 3.97. The fraction of sp³-hybridized carbons (Fsp3) is 0. The minimum absolute atomic E-state index is 0.901. The third kappa shape index (κ3) is 7.25. The number of aromatic nitrogens is 1. The Morgan fingerprint density at radius 1 is 0.261 bits per heavy atom. The molecular weight excluding hydrogens is 837 g/mol. The van der Waals surface area contributed by atoms with Crippen LogP contribution in [-0.2, 0) is 0 Å². The molecule has 0 saturated carbocycles. The number of benzene rings is 11. The van der Waals surface area contributed by atoms with Crippen molar-refractivity contribution in [3.8, 4) is 61.3 Å². The predicted molar refractivity (Wildman–Crippen MR) is 290 cm³/mol. The van der Waals surface area contributed by atoms with E-state index in [4.69, 9.17) is 4.42 Å². The first kappa shape index (κ1) is 40.1. The molecule has 13 aromatic rings. The minimum Gasteiger partial charge on any atom is -0.456 e. The minimum atomic E-state index is 0.901. The molecule has 3 nitrogen and oxygen atoms in total. The third-order valence-electron chi connectivity index (χ3n) is 13.6. The molecule has 2 heterocycles. The van der Waals surface area contributed by atoms with Crippen molar-refractivity contribution in [3.05, 3.63) is 267 Å². The summed E-state index contributed by atoms with van der Waals surface area (Å²) in [5.41, 5.74) is 20.3. The second-order valence-electron chi connectivity index (χ2n) is 17.7. The Hall–Kier alpha value is -9.18. The van der Waals surface area contributed by atoms with Crippen LogP contribution in [-0.4, -0.2) is 4.57 Å². The van der Waals surface area contributed by atoms with E-state index in [0.29, 0.717) is 0 Å². The number of anilines is 3. The first-order valence-corrected chi connectivity index (χ1v) is 23.6. The largest absolute Gasteiger partial charge is 0.456 e. The second kappa shape index (κ2) is 16.9. The van der Waals surface area contributed by atoms with E-state index in [9.17, 15) is 0 Å². The number of nitrogens with zero attached hydrogens (tertiary/aromatic N) is 2. The zero-order valence-electron chi connectivity index (χ0n) is 37.7. The molecule has 0 aliphatic rings. The molecule has 0 unspecified atom stereocenters. The highest BCUT2D eigenvalue weighted by Gasteiger charge is 2.18. The van der Waals surface area contributed by atoms with E-state index in [0.717, 1.165) is 72.5 Å². The summed E-state index contributed by atoms with van der Waals surface area (Å²) in [7, 11) is 0. The fourth-order valence-electron chi connectivity index (χ4n) is 10.2. The van der Waals surface area contributed by atoms with Crippen LogP contribution < -0.4 is 4.90 Å². The fourth-order valence-corrected chi connectivity index (χ4v) is 10.2. The van der Waals surface area contributed by atoms with Gasteiger partial charge >= 0.3 is 0 Å². The van der Waals surface area contributed by atoms with Gasteiger partial charge in [0.1, 0.15) is 11.2 Å². The van der Waals surface area contributed by atoms with Gasteiger partial charge in [-0.25, -0.2) is 0 Å². The summed E-state index contributed by atoms with van der Waals surface area (Å²) >= 11 is 0. The summed E-state index contributed by atoms with van der Waals surface area (Å²) < 4.78 is 8.67. The maximum atomic E-state index is 6.26. The Kier molecular flexibility index (Phi) is 9.84. The first-order chi connectivity index (χ1) is 34.2. The zero-order chi connectivity index (χ0) is 45.7. The lowest BCUT2D eigenvalue weighted by atomic mass is 9.98. The topological polar surface area (TPSA) is 21.3 Å². The number of hydrogen-bond acceptors (Lipinski definition) is 2. The number of fused-ring (bicyclic) bond motifs is 6. The molecule has 0 radical (unpaired) electrons. The quantitative estimate of drug-likeness (QED) is 0.144. The lowest BCUT2D eigenvalue weighted by molar-refractivity contribution is 0.669. The van der Waals surface area contributed by atoms with Gasteiger partial charge < -0.3 is 13.9 Å². The standard InChI is InChI=1S/C66H44N2O/c1-2-14-45(15-3-1)49-16-12-17-50(42-49)46-28-35-54(36-29-46)67(55-37-30-47(31-38-55)51-18-13-19-52(43-51)53-34-41-61-60-23-7-11-27-65(60)69-66(61)44-53)56-39-32-48(33-40-56)57-20-4-8-24-62(57)68-63-25-9-5-21-58(63)59-22-6-10-26-64(59)68/h1-44H. The maximum absolute atomic E-state index is 6.26. The van der Waals surface area contributed by atoms with Gasteiger partial charge in [0.25, 0.3) is 0 Å². The van der Waals surface area contributed by atoms with Gasteiger partial charge in [0.2, 0.25) is 0 Å². The van der Waals surface area contributed by atoms with Gasteiger partial charge in [0.15, 0.2) is 0 Å². The van der Waals surface area contributed by atoms with E-state index in [1.165, 1.54) is 49.6 Å². The van der Waals surface area contributed by atoms with Gasteiger partial charge in [-0.05, 0) is 135 Å². The normalized spacial score (nSPS) is 11.5. The van der Waals surface area contributed by atoms with Crippen molar-refractivity contribution in [2.24, 2.45) is 0 Å². The van der Waals surface area contributed by atoms with Crippen LogP contribution in [0.15, 0.2) is 271 Å². The van der Waals surface area contributed by atoms with Crippen LogP contribution in [0.4, 0.5) is 17.1 Å². The molecule has 0 atom stereocenters. The molecule has 11 aromatic carbocycles. The SMILES string of the molecule is c1ccc(-c2cccc(-c3ccc(N(c4ccc(-c5cccc(-c6ccc7c(c6)oc6ccccc67)c5)cc4)c4ccc(-c5ccccc5-n5c6ccccc6c6ccccc65)cc4)cc3)c2)cc1. The summed E-state index contributed by atoms with van der Waals surface area (Å²) in [6.45, 7) is 0. The molecule has 0 N–H and O–H groups in total. The number of furan rings is 1. The number of para-hydroxylation sites is 4. The van der Waals surface area contributed by atoms with Crippen LogP contribution in [0.2, 0.25) is 0 Å². The first-order valence-electron chi connectivity index (χ1n) is 23.6. The maximum Gasteiger partial charge on any atom is 0.136 e. The molecule has 0 amide bonds. The molecule has 0 aliphatic carbocycles. The van der Waals surface area contributed by atoms with Crippen LogP contribution in [0.25, 0.3) is 105 Å². The monoisotopic (exact) mass is 880 g/mol. The highest BCUT2D eigenvalue weighted by atomic mass is 16.3. The van der Waals surface area contributed by atoms with E-state index < -0.39 is 0 Å². The van der Waals surface area contributed by atoms with Gasteiger partial charge in [0, 0.05) is 44.2 Å². The molecule has 2 aromatic heterocycles. The van der Waals surface area contributed by atoms with Crippen molar-refractivity contribution >= 4 is 60.8 Å². The molecule has 0 bridgehead atoms. The van der Waals surface area contributed by atoms with Crippen molar-refractivity contribution in [1.82, 2.24) is 4.57 Å².